The molecule has 0 radical (unpaired) electrons. The first-order valence-electron chi connectivity index (χ1n) is 8.40. The van der Waals surface area contributed by atoms with Crippen LogP contribution in [-0.4, -0.2) is 23.1 Å². The van der Waals surface area contributed by atoms with Crippen molar-refractivity contribution in [2.45, 2.75) is 27.7 Å². The van der Waals surface area contributed by atoms with E-state index < -0.39 is 0 Å². The van der Waals surface area contributed by atoms with Crippen LogP contribution in [0.5, 0.6) is 0 Å². The fraction of sp³-hybridized carbons (Fsp3) is 0.333. The van der Waals surface area contributed by atoms with E-state index in [0.29, 0.717) is 0 Å². The molecule has 0 aliphatic rings. The monoisotopic (exact) mass is 325 g/mol. The molecule has 1 aromatic heterocycles. The second-order valence-electron chi connectivity index (χ2n) is 5.95. The Labute approximate surface area is 142 Å². The maximum Gasteiger partial charge on any atom is 0.0599 e. The predicted molar refractivity (Wildman–Crippen MR) is 107 cm³/mol. The molecule has 0 unspecified atom stereocenters. The van der Waals surface area contributed by atoms with Gasteiger partial charge in [-0.15, -0.1) is 7.92 Å². The first kappa shape index (κ1) is 17.8. The topological polar surface area (TPSA) is 4.93 Å². The van der Waals surface area contributed by atoms with Crippen molar-refractivity contribution in [3.63, 3.8) is 0 Å². The van der Waals surface area contributed by atoms with Gasteiger partial charge in [0, 0.05) is 23.5 Å². The molecule has 2 heteroatoms. The van der Waals surface area contributed by atoms with Gasteiger partial charge >= 0.3 is 0 Å². The summed E-state index contributed by atoms with van der Waals surface area (Å²) in [5.74, 6) is 0. The van der Waals surface area contributed by atoms with Crippen molar-refractivity contribution < 1.29 is 0 Å². The number of allylic oxidation sites excluding steroid dienone is 3. The van der Waals surface area contributed by atoms with Crippen LogP contribution < -0.4 is 0 Å². The van der Waals surface area contributed by atoms with Gasteiger partial charge in [0.2, 0.25) is 0 Å². The summed E-state index contributed by atoms with van der Waals surface area (Å²) in [4.78, 5) is 0. The fourth-order valence-corrected chi connectivity index (χ4v) is 4.32. The van der Waals surface area contributed by atoms with Gasteiger partial charge in [0.1, 0.15) is 0 Å². The van der Waals surface area contributed by atoms with Crippen LogP contribution in [-0.2, 0) is 0 Å². The number of hydrogen-bond acceptors (Lipinski definition) is 0. The van der Waals surface area contributed by atoms with Gasteiger partial charge < -0.3 is 4.57 Å². The third-order valence-electron chi connectivity index (χ3n) is 4.33. The highest BCUT2D eigenvalue weighted by atomic mass is 31.1. The molecule has 1 nitrogen and oxygen atoms in total. The SMILES string of the molecule is C=C(C)c1cccc(/C(C)=C/CP(CC)CC)c1-n1cccc1. The Morgan fingerprint density at radius 3 is 2.22 bits per heavy atom. The van der Waals surface area contributed by atoms with Crippen molar-refractivity contribution >= 4 is 19.1 Å². The lowest BCUT2D eigenvalue weighted by Crippen LogP contribution is -2.01. The van der Waals surface area contributed by atoms with Crippen LogP contribution in [0.25, 0.3) is 16.8 Å². The standard InChI is InChI=1S/C21H28NP/c1-6-23(7-2)16-13-18(5)20-12-10-11-19(17(3)4)21(20)22-14-8-9-15-22/h8-15H,3,6-7,16H2,1-2,4-5H3/b18-13+. The zero-order valence-electron chi connectivity index (χ0n) is 14.8. The van der Waals surface area contributed by atoms with Crippen LogP contribution in [0.1, 0.15) is 38.8 Å². The van der Waals surface area contributed by atoms with Crippen molar-refractivity contribution in [3.05, 3.63) is 66.5 Å². The van der Waals surface area contributed by atoms with E-state index >= 15 is 0 Å². The molecule has 122 valence electrons. The summed E-state index contributed by atoms with van der Waals surface area (Å²) in [6.07, 6.45) is 10.5. The van der Waals surface area contributed by atoms with Crippen LogP contribution in [0.4, 0.5) is 0 Å². The van der Waals surface area contributed by atoms with E-state index in [0.717, 1.165) is 5.57 Å². The van der Waals surface area contributed by atoms with Crippen molar-refractivity contribution in [2.75, 3.05) is 18.5 Å². The maximum absolute atomic E-state index is 4.17. The first-order valence-corrected chi connectivity index (χ1v) is 10.3. The molecule has 2 rings (SSSR count). The zero-order valence-corrected chi connectivity index (χ0v) is 15.7. The third-order valence-corrected chi connectivity index (χ3v) is 6.82. The Morgan fingerprint density at radius 2 is 1.65 bits per heavy atom. The van der Waals surface area contributed by atoms with Crippen molar-refractivity contribution in [2.24, 2.45) is 0 Å². The molecule has 0 aliphatic heterocycles. The molecule has 2 aromatic rings. The summed E-state index contributed by atoms with van der Waals surface area (Å²) >= 11 is 0. The minimum atomic E-state index is 0.145. The van der Waals surface area contributed by atoms with Crippen molar-refractivity contribution in [1.82, 2.24) is 4.57 Å². The highest BCUT2D eigenvalue weighted by Crippen LogP contribution is 2.36. The van der Waals surface area contributed by atoms with Crippen LogP contribution in [0.3, 0.4) is 0 Å². The summed E-state index contributed by atoms with van der Waals surface area (Å²) in [5.41, 5.74) is 6.25. The number of rotatable bonds is 7. The highest BCUT2D eigenvalue weighted by molar-refractivity contribution is 7.57. The number of nitrogens with zero attached hydrogens (tertiary/aromatic N) is 1. The van der Waals surface area contributed by atoms with E-state index in [-0.39, 0.29) is 7.92 Å². The van der Waals surface area contributed by atoms with E-state index in [2.05, 4.69) is 87.6 Å². The Bertz CT molecular complexity index is 676. The molecule has 0 saturated carbocycles. The minimum absolute atomic E-state index is 0.145. The Kier molecular flexibility index (Phi) is 6.42. The molecule has 0 saturated heterocycles. The summed E-state index contributed by atoms with van der Waals surface area (Å²) in [6, 6.07) is 10.7. The van der Waals surface area contributed by atoms with E-state index in [1.54, 1.807) is 0 Å². The summed E-state index contributed by atoms with van der Waals surface area (Å²) in [6.45, 7) is 13.1. The lowest BCUT2D eigenvalue weighted by Gasteiger charge is -2.17. The molecular weight excluding hydrogens is 297 g/mol. The minimum Gasteiger partial charge on any atom is -0.323 e. The molecule has 0 amide bonds. The van der Waals surface area contributed by atoms with Gasteiger partial charge in [-0.25, -0.2) is 0 Å². The molecule has 0 bridgehead atoms. The smallest absolute Gasteiger partial charge is 0.0599 e. The molecule has 0 atom stereocenters. The van der Waals surface area contributed by atoms with E-state index in [1.165, 1.54) is 40.9 Å². The van der Waals surface area contributed by atoms with Gasteiger partial charge in [0.15, 0.2) is 0 Å². The van der Waals surface area contributed by atoms with Crippen molar-refractivity contribution in [1.29, 1.82) is 0 Å². The Balaban J connectivity index is 2.48. The molecule has 0 N–H and O–H groups in total. The second kappa shape index (κ2) is 8.31. The molecule has 0 fully saturated rings. The van der Waals surface area contributed by atoms with Crippen LogP contribution >= 0.6 is 7.92 Å². The van der Waals surface area contributed by atoms with Gasteiger partial charge in [-0.3, -0.25) is 0 Å². The van der Waals surface area contributed by atoms with E-state index in [9.17, 15) is 0 Å². The maximum atomic E-state index is 4.17. The van der Waals surface area contributed by atoms with E-state index in [1.807, 2.05) is 0 Å². The molecular formula is C21H28NP. The summed E-state index contributed by atoms with van der Waals surface area (Å²) in [5, 5.41) is 0. The number of benzene rings is 1. The van der Waals surface area contributed by atoms with Crippen LogP contribution in [0.2, 0.25) is 0 Å². The first-order chi connectivity index (χ1) is 11.1. The molecule has 1 aromatic carbocycles. The predicted octanol–water partition coefficient (Wildman–Crippen LogP) is 6.44. The summed E-state index contributed by atoms with van der Waals surface area (Å²) < 4.78 is 2.21. The molecule has 0 aliphatic carbocycles. The quantitative estimate of drug-likeness (QED) is 0.516. The van der Waals surface area contributed by atoms with Crippen LogP contribution in [0.15, 0.2) is 55.4 Å². The van der Waals surface area contributed by atoms with Gasteiger partial charge in [-0.05, 0) is 55.6 Å². The highest BCUT2D eigenvalue weighted by Gasteiger charge is 2.12. The van der Waals surface area contributed by atoms with E-state index in [4.69, 9.17) is 0 Å². The van der Waals surface area contributed by atoms with Gasteiger partial charge in [0.25, 0.3) is 0 Å². The normalized spacial score (nSPS) is 12.0. The number of hydrogen-bond donors (Lipinski definition) is 0. The van der Waals surface area contributed by atoms with Gasteiger partial charge in [-0.1, -0.05) is 44.7 Å². The average molecular weight is 325 g/mol. The second-order valence-corrected chi connectivity index (χ2v) is 8.92. The van der Waals surface area contributed by atoms with Crippen molar-refractivity contribution in [3.8, 4) is 5.69 Å². The Morgan fingerprint density at radius 1 is 1.04 bits per heavy atom. The number of aromatic nitrogens is 1. The lowest BCUT2D eigenvalue weighted by atomic mass is 9.97. The van der Waals surface area contributed by atoms with Crippen LogP contribution in [0, 0.1) is 0 Å². The molecule has 0 spiro atoms. The fourth-order valence-electron chi connectivity index (χ4n) is 2.83. The zero-order chi connectivity index (χ0) is 16.8. The van der Waals surface area contributed by atoms with Gasteiger partial charge in [-0.2, -0.15) is 0 Å². The summed E-state index contributed by atoms with van der Waals surface area (Å²) in [7, 11) is 0.145. The van der Waals surface area contributed by atoms with Gasteiger partial charge in [0.05, 0.1) is 5.69 Å². The average Bonchev–Trinajstić information content (AvgIpc) is 3.09. The largest absolute Gasteiger partial charge is 0.323 e. The lowest BCUT2D eigenvalue weighted by molar-refractivity contribution is 1.06. The third kappa shape index (κ3) is 4.24. The number of para-hydroxylation sites is 1. The molecule has 23 heavy (non-hydrogen) atoms. The Hall–Kier alpha value is -1.59. The molecule has 1 heterocycles.